The van der Waals surface area contributed by atoms with E-state index in [1.165, 1.54) is 57.4 Å². The zero-order valence-corrected chi connectivity index (χ0v) is 14.7. The maximum Gasteiger partial charge on any atom is 0.0951 e. The molecule has 3 rings (SSSR count). The van der Waals surface area contributed by atoms with Gasteiger partial charge in [0.25, 0.3) is 0 Å². The fourth-order valence-corrected chi connectivity index (χ4v) is 4.13. The molecule has 0 aliphatic carbocycles. The van der Waals surface area contributed by atoms with Crippen LogP contribution in [-0.4, -0.2) is 56.2 Å². The van der Waals surface area contributed by atoms with E-state index in [4.69, 9.17) is 4.74 Å². The van der Waals surface area contributed by atoms with Gasteiger partial charge in [-0.25, -0.2) is 0 Å². The third-order valence-electron chi connectivity index (χ3n) is 5.79. The van der Waals surface area contributed by atoms with Gasteiger partial charge in [-0.15, -0.1) is 0 Å². The first-order chi connectivity index (χ1) is 11.3. The number of ether oxygens (including phenoxy) is 1. The molecule has 0 atom stereocenters. The van der Waals surface area contributed by atoms with Crippen molar-refractivity contribution in [2.75, 3.05) is 46.4 Å². The minimum Gasteiger partial charge on any atom is -0.373 e. The largest absolute Gasteiger partial charge is 0.373 e. The van der Waals surface area contributed by atoms with Crippen molar-refractivity contribution >= 4 is 0 Å². The Morgan fingerprint density at radius 3 is 1.96 bits per heavy atom. The highest BCUT2D eigenvalue weighted by molar-refractivity contribution is 5.23. The molecule has 1 aromatic rings. The normalized spacial score (nSPS) is 23.5. The topological polar surface area (TPSA) is 15.7 Å². The number of hydrogen-bond acceptors (Lipinski definition) is 3. The van der Waals surface area contributed by atoms with Crippen molar-refractivity contribution in [2.24, 2.45) is 0 Å². The Hall–Kier alpha value is -0.900. The summed E-state index contributed by atoms with van der Waals surface area (Å²) in [6.45, 7) is 7.37. The van der Waals surface area contributed by atoms with Crippen LogP contribution in [0.3, 0.4) is 0 Å². The smallest absolute Gasteiger partial charge is 0.0951 e. The molecule has 3 nitrogen and oxygen atoms in total. The molecule has 2 saturated heterocycles. The van der Waals surface area contributed by atoms with Gasteiger partial charge in [-0.05, 0) is 44.3 Å². The predicted molar refractivity (Wildman–Crippen MR) is 95.7 cm³/mol. The molecule has 0 radical (unpaired) electrons. The summed E-state index contributed by atoms with van der Waals surface area (Å²) >= 11 is 0. The van der Waals surface area contributed by atoms with E-state index in [2.05, 4.69) is 40.1 Å². The van der Waals surface area contributed by atoms with Crippen LogP contribution < -0.4 is 0 Å². The molecule has 0 N–H and O–H groups in total. The molecule has 1 aromatic carbocycles. The van der Waals surface area contributed by atoms with Crippen molar-refractivity contribution in [1.82, 2.24) is 9.80 Å². The van der Waals surface area contributed by atoms with Crippen molar-refractivity contribution in [1.29, 1.82) is 0 Å². The molecule has 3 heteroatoms. The Bertz CT molecular complexity index is 446. The number of nitrogens with zero attached hydrogens (tertiary/aromatic N) is 2. The van der Waals surface area contributed by atoms with Crippen molar-refractivity contribution in [3.05, 3.63) is 35.9 Å². The number of methoxy groups -OCH3 is 1. The average Bonchev–Trinajstić information content (AvgIpc) is 2.90. The van der Waals surface area contributed by atoms with Crippen LogP contribution in [0.15, 0.2) is 30.3 Å². The number of rotatable bonds is 5. The molecule has 2 aliphatic heterocycles. The summed E-state index contributed by atoms with van der Waals surface area (Å²) in [5.41, 5.74) is 1.27. The fraction of sp³-hybridized carbons (Fsp3) is 0.700. The summed E-state index contributed by atoms with van der Waals surface area (Å²) in [4.78, 5) is 5.30. The van der Waals surface area contributed by atoms with E-state index >= 15 is 0 Å². The molecular weight excluding hydrogens is 284 g/mol. The first-order valence-corrected chi connectivity index (χ1v) is 9.38. The third kappa shape index (κ3) is 4.34. The van der Waals surface area contributed by atoms with E-state index < -0.39 is 0 Å². The van der Waals surface area contributed by atoms with Crippen molar-refractivity contribution in [3.8, 4) is 0 Å². The van der Waals surface area contributed by atoms with Crippen LogP contribution in [0.2, 0.25) is 0 Å². The molecule has 0 amide bonds. The fourth-order valence-electron chi connectivity index (χ4n) is 4.13. The first kappa shape index (κ1) is 16.9. The Morgan fingerprint density at radius 2 is 1.39 bits per heavy atom. The van der Waals surface area contributed by atoms with Crippen LogP contribution in [0, 0.1) is 0 Å². The molecular formula is C20H32N2O. The lowest BCUT2D eigenvalue weighted by molar-refractivity contribution is -0.0631. The minimum atomic E-state index is -0.0691. The molecule has 2 aliphatic rings. The van der Waals surface area contributed by atoms with E-state index in [-0.39, 0.29) is 5.60 Å². The van der Waals surface area contributed by atoms with Gasteiger partial charge in [0, 0.05) is 33.3 Å². The molecule has 0 aromatic heterocycles. The Kier molecular flexibility index (Phi) is 6.09. The van der Waals surface area contributed by atoms with Gasteiger partial charge in [-0.2, -0.15) is 0 Å². The summed E-state index contributed by atoms with van der Waals surface area (Å²) in [5, 5.41) is 0. The Balaban J connectivity index is 1.49. The molecule has 0 spiro atoms. The van der Waals surface area contributed by atoms with Crippen LogP contribution in [0.4, 0.5) is 0 Å². The molecule has 23 heavy (non-hydrogen) atoms. The van der Waals surface area contributed by atoms with Gasteiger partial charge >= 0.3 is 0 Å². The third-order valence-corrected chi connectivity index (χ3v) is 5.79. The van der Waals surface area contributed by atoms with Gasteiger partial charge in [0.05, 0.1) is 5.60 Å². The van der Waals surface area contributed by atoms with Gasteiger partial charge in [-0.1, -0.05) is 43.2 Å². The van der Waals surface area contributed by atoms with E-state index in [0.717, 1.165) is 25.9 Å². The Morgan fingerprint density at radius 1 is 0.826 bits per heavy atom. The summed E-state index contributed by atoms with van der Waals surface area (Å²) in [6.07, 6.45) is 7.84. The van der Waals surface area contributed by atoms with Gasteiger partial charge in [0.1, 0.15) is 0 Å². The Labute approximate surface area is 141 Å². The summed E-state index contributed by atoms with van der Waals surface area (Å²) in [7, 11) is 1.87. The monoisotopic (exact) mass is 316 g/mol. The number of benzene rings is 1. The van der Waals surface area contributed by atoms with Crippen molar-refractivity contribution in [2.45, 2.75) is 44.1 Å². The van der Waals surface area contributed by atoms with Gasteiger partial charge in [0.15, 0.2) is 0 Å². The van der Waals surface area contributed by atoms with E-state index in [0.29, 0.717) is 0 Å². The van der Waals surface area contributed by atoms with Crippen LogP contribution >= 0.6 is 0 Å². The molecule has 128 valence electrons. The average molecular weight is 316 g/mol. The SMILES string of the molecule is COC1(c2ccccc2)CCN(CCN2CCCCCC2)CC1. The molecule has 0 unspecified atom stereocenters. The van der Waals surface area contributed by atoms with E-state index in [9.17, 15) is 0 Å². The van der Waals surface area contributed by atoms with Crippen LogP contribution in [0.1, 0.15) is 44.1 Å². The molecule has 0 bridgehead atoms. The second kappa shape index (κ2) is 8.27. The number of hydrogen-bond donors (Lipinski definition) is 0. The van der Waals surface area contributed by atoms with Gasteiger partial charge < -0.3 is 14.5 Å². The van der Waals surface area contributed by atoms with Crippen molar-refractivity contribution < 1.29 is 4.74 Å². The predicted octanol–water partition coefficient (Wildman–Crippen LogP) is 3.50. The zero-order valence-electron chi connectivity index (χ0n) is 14.7. The van der Waals surface area contributed by atoms with Gasteiger partial charge in [-0.3, -0.25) is 0 Å². The lowest BCUT2D eigenvalue weighted by atomic mass is 9.84. The van der Waals surface area contributed by atoms with Crippen molar-refractivity contribution in [3.63, 3.8) is 0 Å². The van der Waals surface area contributed by atoms with E-state index in [1.807, 2.05) is 7.11 Å². The second-order valence-corrected chi connectivity index (χ2v) is 7.16. The molecule has 2 fully saturated rings. The summed E-state index contributed by atoms with van der Waals surface area (Å²) in [6, 6.07) is 10.8. The standard InChI is InChI=1S/C20H32N2O/c1-23-20(19-9-5-4-6-10-19)11-15-22(16-12-20)18-17-21-13-7-2-3-8-14-21/h4-6,9-10H,2-3,7-8,11-18H2,1H3. The molecule has 0 saturated carbocycles. The lowest BCUT2D eigenvalue weighted by Crippen LogP contribution is -2.46. The maximum atomic E-state index is 5.99. The maximum absolute atomic E-state index is 5.99. The summed E-state index contributed by atoms with van der Waals surface area (Å²) in [5.74, 6) is 0. The second-order valence-electron chi connectivity index (χ2n) is 7.16. The first-order valence-electron chi connectivity index (χ1n) is 9.38. The van der Waals surface area contributed by atoms with Crippen LogP contribution in [0.25, 0.3) is 0 Å². The van der Waals surface area contributed by atoms with Gasteiger partial charge in [0.2, 0.25) is 0 Å². The highest BCUT2D eigenvalue weighted by atomic mass is 16.5. The zero-order chi connectivity index (χ0) is 16.0. The van der Waals surface area contributed by atoms with E-state index in [1.54, 1.807) is 0 Å². The molecule has 2 heterocycles. The minimum absolute atomic E-state index is 0.0691. The highest BCUT2D eigenvalue weighted by Gasteiger charge is 2.36. The van der Waals surface area contributed by atoms with Crippen LogP contribution in [0.5, 0.6) is 0 Å². The lowest BCUT2D eigenvalue weighted by Gasteiger charge is -2.41. The number of likely N-dealkylation sites (tertiary alicyclic amines) is 2. The highest BCUT2D eigenvalue weighted by Crippen LogP contribution is 2.35. The van der Waals surface area contributed by atoms with Crippen LogP contribution in [-0.2, 0) is 10.3 Å². The summed E-state index contributed by atoms with van der Waals surface area (Å²) < 4.78 is 5.99. The quantitative estimate of drug-likeness (QED) is 0.827. The number of piperidine rings is 1.